The van der Waals surface area contributed by atoms with Gasteiger partial charge in [-0.3, -0.25) is 0 Å². The number of carboxylic acids is 1. The molecule has 0 saturated heterocycles. The van der Waals surface area contributed by atoms with E-state index in [1.165, 1.54) is 5.39 Å². The van der Waals surface area contributed by atoms with E-state index in [0.29, 0.717) is 24.4 Å². The van der Waals surface area contributed by atoms with Crippen molar-refractivity contribution in [2.24, 2.45) is 0 Å². The lowest BCUT2D eigenvalue weighted by Gasteiger charge is -2.11. The molecule has 0 saturated carbocycles. The normalized spacial score (nSPS) is 10.6. The summed E-state index contributed by atoms with van der Waals surface area (Å²) in [4.78, 5) is 11.3. The van der Waals surface area contributed by atoms with Crippen molar-refractivity contribution in [3.8, 4) is 5.75 Å². The number of carboxylic acid groups (broad SMARTS) is 1. The predicted octanol–water partition coefficient (Wildman–Crippen LogP) is 4.73. The van der Waals surface area contributed by atoms with Gasteiger partial charge in [0.2, 0.25) is 0 Å². The number of aromatic carboxylic acids is 1. The Kier molecular flexibility index (Phi) is 5.19. The molecule has 3 aromatic rings. The van der Waals surface area contributed by atoms with Gasteiger partial charge in [0.1, 0.15) is 5.75 Å². The molecule has 4 heteroatoms. The van der Waals surface area contributed by atoms with Crippen LogP contribution in [0.3, 0.4) is 0 Å². The van der Waals surface area contributed by atoms with Gasteiger partial charge in [-0.1, -0.05) is 42.0 Å². The summed E-state index contributed by atoms with van der Waals surface area (Å²) in [6.45, 7) is 3.10. The second-order valence-corrected chi connectivity index (χ2v) is 5.99. The third kappa shape index (κ3) is 4.29. The van der Waals surface area contributed by atoms with Gasteiger partial charge >= 0.3 is 5.97 Å². The Labute approximate surface area is 147 Å². The molecule has 2 N–H and O–H groups in total. The molecule has 0 radical (unpaired) electrons. The molecule has 4 nitrogen and oxygen atoms in total. The summed E-state index contributed by atoms with van der Waals surface area (Å²) in [7, 11) is 0. The van der Waals surface area contributed by atoms with Crippen LogP contribution in [0, 0.1) is 6.92 Å². The fraction of sp³-hybridized carbons (Fsp3) is 0.190. The highest BCUT2D eigenvalue weighted by Crippen LogP contribution is 2.21. The highest BCUT2D eigenvalue weighted by Gasteiger charge is 2.09. The van der Waals surface area contributed by atoms with Crippen molar-refractivity contribution in [3.05, 3.63) is 71.8 Å². The fourth-order valence-corrected chi connectivity index (χ4v) is 2.73. The Morgan fingerprint density at radius 3 is 2.64 bits per heavy atom. The van der Waals surface area contributed by atoms with Crippen LogP contribution in [-0.2, 0) is 0 Å². The Morgan fingerprint density at radius 1 is 1.04 bits per heavy atom. The number of fused-ring (bicyclic) bond motifs is 1. The van der Waals surface area contributed by atoms with Crippen molar-refractivity contribution in [1.82, 2.24) is 0 Å². The van der Waals surface area contributed by atoms with Crippen molar-refractivity contribution in [1.29, 1.82) is 0 Å². The quantitative estimate of drug-likeness (QED) is 0.613. The fourth-order valence-electron chi connectivity index (χ4n) is 2.73. The molecule has 0 aliphatic heterocycles. The maximum Gasteiger partial charge on any atom is 0.337 e. The molecule has 0 spiro atoms. The van der Waals surface area contributed by atoms with Gasteiger partial charge in [0.15, 0.2) is 0 Å². The van der Waals surface area contributed by atoms with Crippen LogP contribution in [0.15, 0.2) is 60.7 Å². The number of nitrogens with one attached hydrogen (secondary N) is 1. The van der Waals surface area contributed by atoms with E-state index in [1.807, 2.05) is 49.4 Å². The third-order valence-electron chi connectivity index (χ3n) is 4.03. The molecule has 0 fully saturated rings. The summed E-state index contributed by atoms with van der Waals surface area (Å²) < 4.78 is 5.79. The lowest BCUT2D eigenvalue weighted by atomic mass is 10.1. The molecule has 0 aromatic heterocycles. The number of benzene rings is 3. The molecule has 0 amide bonds. The number of carbonyl (C=O) groups is 1. The molecule has 0 aliphatic rings. The Morgan fingerprint density at radius 2 is 1.84 bits per heavy atom. The van der Waals surface area contributed by atoms with Gasteiger partial charge < -0.3 is 15.2 Å². The first-order chi connectivity index (χ1) is 12.1. The minimum atomic E-state index is -0.918. The summed E-state index contributed by atoms with van der Waals surface area (Å²) in [6, 6.07) is 19.6. The van der Waals surface area contributed by atoms with Crippen LogP contribution >= 0.6 is 0 Å². The van der Waals surface area contributed by atoms with Gasteiger partial charge in [0.05, 0.1) is 12.2 Å². The van der Waals surface area contributed by atoms with Gasteiger partial charge in [-0.05, 0) is 48.4 Å². The average Bonchev–Trinajstić information content (AvgIpc) is 2.62. The number of rotatable bonds is 7. The van der Waals surface area contributed by atoms with E-state index in [4.69, 9.17) is 4.74 Å². The maximum absolute atomic E-state index is 11.3. The standard InChI is InChI=1S/C21H21NO3/c1-15-7-10-20(19(13-15)21(23)24)22-11-4-12-25-18-9-8-16-5-2-3-6-17(16)14-18/h2-3,5-10,13-14,22H,4,11-12H2,1H3,(H,23,24). The van der Waals surface area contributed by atoms with Crippen LogP contribution in [0.25, 0.3) is 10.8 Å². The second kappa shape index (κ2) is 7.71. The average molecular weight is 335 g/mol. The highest BCUT2D eigenvalue weighted by atomic mass is 16.5. The van der Waals surface area contributed by atoms with Crippen LogP contribution in [0.5, 0.6) is 5.75 Å². The van der Waals surface area contributed by atoms with E-state index in [0.717, 1.165) is 23.1 Å². The van der Waals surface area contributed by atoms with E-state index in [-0.39, 0.29) is 0 Å². The first-order valence-electron chi connectivity index (χ1n) is 8.33. The summed E-state index contributed by atoms with van der Waals surface area (Å²) >= 11 is 0. The van der Waals surface area contributed by atoms with Crippen molar-refractivity contribution in [2.45, 2.75) is 13.3 Å². The number of aryl methyl sites for hydroxylation is 1. The van der Waals surface area contributed by atoms with E-state index in [1.54, 1.807) is 6.07 Å². The predicted molar refractivity (Wildman–Crippen MR) is 101 cm³/mol. The molecule has 0 heterocycles. The van der Waals surface area contributed by atoms with E-state index < -0.39 is 5.97 Å². The highest BCUT2D eigenvalue weighted by molar-refractivity contribution is 5.94. The summed E-state index contributed by atoms with van der Waals surface area (Å²) in [6.07, 6.45) is 0.778. The van der Waals surface area contributed by atoms with E-state index in [2.05, 4.69) is 17.4 Å². The zero-order valence-electron chi connectivity index (χ0n) is 14.2. The summed E-state index contributed by atoms with van der Waals surface area (Å²) in [5.41, 5.74) is 1.88. The topological polar surface area (TPSA) is 58.6 Å². The number of hydrogen-bond donors (Lipinski definition) is 2. The van der Waals surface area contributed by atoms with Gasteiger partial charge in [-0.25, -0.2) is 4.79 Å². The molecule has 25 heavy (non-hydrogen) atoms. The maximum atomic E-state index is 11.3. The zero-order chi connectivity index (χ0) is 17.6. The van der Waals surface area contributed by atoms with E-state index >= 15 is 0 Å². The minimum absolute atomic E-state index is 0.301. The van der Waals surface area contributed by atoms with Crippen molar-refractivity contribution in [3.63, 3.8) is 0 Å². The summed E-state index contributed by atoms with van der Waals surface area (Å²) in [5.74, 6) is -0.0705. The van der Waals surface area contributed by atoms with Gasteiger partial charge in [0.25, 0.3) is 0 Å². The van der Waals surface area contributed by atoms with E-state index in [9.17, 15) is 9.90 Å². The lowest BCUT2D eigenvalue weighted by Crippen LogP contribution is -2.10. The van der Waals surface area contributed by atoms with Crippen molar-refractivity contribution >= 4 is 22.4 Å². The largest absolute Gasteiger partial charge is 0.494 e. The Bertz CT molecular complexity index is 889. The summed E-state index contributed by atoms with van der Waals surface area (Å²) in [5, 5.41) is 14.8. The van der Waals surface area contributed by atoms with Gasteiger partial charge in [0, 0.05) is 12.2 Å². The van der Waals surface area contributed by atoms with Crippen LogP contribution in [0.1, 0.15) is 22.3 Å². The van der Waals surface area contributed by atoms with Gasteiger partial charge in [-0.2, -0.15) is 0 Å². The molecule has 0 bridgehead atoms. The minimum Gasteiger partial charge on any atom is -0.494 e. The molecule has 3 aromatic carbocycles. The van der Waals surface area contributed by atoms with Crippen LogP contribution in [-0.4, -0.2) is 24.2 Å². The van der Waals surface area contributed by atoms with Crippen molar-refractivity contribution < 1.29 is 14.6 Å². The number of hydrogen-bond acceptors (Lipinski definition) is 3. The van der Waals surface area contributed by atoms with Crippen LogP contribution < -0.4 is 10.1 Å². The first-order valence-corrected chi connectivity index (χ1v) is 8.33. The third-order valence-corrected chi connectivity index (χ3v) is 4.03. The molecule has 0 aliphatic carbocycles. The first kappa shape index (κ1) is 16.8. The van der Waals surface area contributed by atoms with Crippen LogP contribution in [0.4, 0.5) is 5.69 Å². The molecule has 0 unspecified atom stereocenters. The van der Waals surface area contributed by atoms with Crippen molar-refractivity contribution in [2.75, 3.05) is 18.5 Å². The molecular weight excluding hydrogens is 314 g/mol. The molecule has 128 valence electrons. The molecular formula is C21H21NO3. The number of ether oxygens (including phenoxy) is 1. The Hall–Kier alpha value is -3.01. The second-order valence-electron chi connectivity index (χ2n) is 5.99. The van der Waals surface area contributed by atoms with Crippen LogP contribution in [0.2, 0.25) is 0 Å². The smallest absolute Gasteiger partial charge is 0.337 e. The number of anilines is 1. The monoisotopic (exact) mass is 335 g/mol. The SMILES string of the molecule is Cc1ccc(NCCCOc2ccc3ccccc3c2)c(C(=O)O)c1. The Balaban J connectivity index is 1.51. The molecule has 0 atom stereocenters. The van der Waals surface area contributed by atoms with Gasteiger partial charge in [-0.15, -0.1) is 0 Å². The molecule has 3 rings (SSSR count). The zero-order valence-corrected chi connectivity index (χ0v) is 14.2. The lowest BCUT2D eigenvalue weighted by molar-refractivity contribution is 0.0698.